The number of rotatable bonds is 3. The number of pyridine rings is 1. The molecule has 6 nitrogen and oxygen atoms in total. The number of aryl methyl sites for hydroxylation is 2. The summed E-state index contributed by atoms with van der Waals surface area (Å²) < 4.78 is 14.8. The Bertz CT molecular complexity index is 1060. The Hall–Kier alpha value is -3.35. The summed E-state index contributed by atoms with van der Waals surface area (Å²) in [6.07, 6.45) is 1.69. The molecule has 0 aliphatic carbocycles. The van der Waals surface area contributed by atoms with Crippen molar-refractivity contribution in [1.82, 2.24) is 24.7 Å². The van der Waals surface area contributed by atoms with E-state index in [0.717, 1.165) is 11.4 Å². The molecule has 0 bridgehead atoms. The van der Waals surface area contributed by atoms with Gasteiger partial charge in [-0.2, -0.15) is 10.1 Å². The number of hydrogen-bond acceptors (Lipinski definition) is 5. The predicted molar refractivity (Wildman–Crippen MR) is 93.6 cm³/mol. The van der Waals surface area contributed by atoms with Gasteiger partial charge in [0.15, 0.2) is 5.82 Å². The number of fused-ring (bicyclic) bond motifs is 1. The van der Waals surface area contributed by atoms with Crippen LogP contribution in [0.3, 0.4) is 0 Å². The molecule has 0 amide bonds. The van der Waals surface area contributed by atoms with E-state index in [4.69, 9.17) is 0 Å². The van der Waals surface area contributed by atoms with Gasteiger partial charge in [-0.05, 0) is 56.3 Å². The zero-order valence-corrected chi connectivity index (χ0v) is 13.7. The minimum Gasteiger partial charge on any atom is -0.338 e. The second-order valence-corrected chi connectivity index (χ2v) is 5.71. The molecule has 4 aromatic rings. The predicted octanol–water partition coefficient (Wildman–Crippen LogP) is 3.71. The molecule has 0 unspecified atom stereocenters. The molecule has 0 saturated carbocycles. The van der Waals surface area contributed by atoms with Crippen molar-refractivity contribution in [1.29, 1.82) is 0 Å². The average molecular weight is 334 g/mol. The van der Waals surface area contributed by atoms with Crippen LogP contribution < -0.4 is 5.32 Å². The molecule has 0 aliphatic heterocycles. The van der Waals surface area contributed by atoms with Crippen molar-refractivity contribution >= 4 is 22.5 Å². The Kier molecular flexibility index (Phi) is 3.61. The van der Waals surface area contributed by atoms with E-state index in [1.807, 2.05) is 32.0 Å². The smallest absolute Gasteiger partial charge is 0.253 e. The van der Waals surface area contributed by atoms with Crippen LogP contribution >= 0.6 is 0 Å². The van der Waals surface area contributed by atoms with Crippen LogP contribution in [-0.2, 0) is 0 Å². The standard InChI is InChI=1S/C18H15FN6/c1-11-10-12(2)25(24-11)18-22-15-4-3-9-20-16(15)17(23-18)21-14-7-5-13(19)6-8-14/h3-10H,1-2H3,(H,21,22,23). The number of nitrogens with zero attached hydrogens (tertiary/aromatic N) is 5. The first-order chi connectivity index (χ1) is 12.1. The molecule has 0 atom stereocenters. The number of anilines is 2. The van der Waals surface area contributed by atoms with Gasteiger partial charge >= 0.3 is 0 Å². The maximum atomic E-state index is 13.1. The van der Waals surface area contributed by atoms with Crippen molar-refractivity contribution < 1.29 is 4.39 Å². The Morgan fingerprint density at radius 2 is 1.84 bits per heavy atom. The second kappa shape index (κ2) is 5.94. The highest BCUT2D eigenvalue weighted by Crippen LogP contribution is 2.23. The van der Waals surface area contributed by atoms with E-state index in [1.165, 1.54) is 12.1 Å². The molecule has 0 aliphatic rings. The van der Waals surface area contributed by atoms with E-state index in [1.54, 1.807) is 23.0 Å². The zero-order valence-electron chi connectivity index (χ0n) is 13.7. The van der Waals surface area contributed by atoms with Gasteiger partial charge in [-0.15, -0.1) is 0 Å². The molecule has 0 saturated heterocycles. The summed E-state index contributed by atoms with van der Waals surface area (Å²) in [7, 11) is 0. The van der Waals surface area contributed by atoms with E-state index < -0.39 is 0 Å². The van der Waals surface area contributed by atoms with E-state index >= 15 is 0 Å². The summed E-state index contributed by atoms with van der Waals surface area (Å²) in [6.45, 7) is 3.87. The average Bonchev–Trinajstić information content (AvgIpc) is 2.95. The number of nitrogens with one attached hydrogen (secondary N) is 1. The van der Waals surface area contributed by atoms with Crippen molar-refractivity contribution in [3.63, 3.8) is 0 Å². The molecule has 0 spiro atoms. The van der Waals surface area contributed by atoms with Crippen LogP contribution in [0, 0.1) is 19.7 Å². The molecule has 1 aromatic carbocycles. The summed E-state index contributed by atoms with van der Waals surface area (Å²) in [5.74, 6) is 0.704. The summed E-state index contributed by atoms with van der Waals surface area (Å²) in [4.78, 5) is 13.5. The minimum atomic E-state index is -0.292. The highest BCUT2D eigenvalue weighted by atomic mass is 19.1. The molecule has 25 heavy (non-hydrogen) atoms. The van der Waals surface area contributed by atoms with Crippen molar-refractivity contribution in [2.45, 2.75) is 13.8 Å². The van der Waals surface area contributed by atoms with Gasteiger partial charge in [-0.25, -0.2) is 14.1 Å². The first-order valence-corrected chi connectivity index (χ1v) is 7.79. The van der Waals surface area contributed by atoms with Crippen LogP contribution in [0.15, 0.2) is 48.7 Å². The lowest BCUT2D eigenvalue weighted by Gasteiger charge is -2.11. The normalized spacial score (nSPS) is 11.0. The highest BCUT2D eigenvalue weighted by molar-refractivity contribution is 5.87. The van der Waals surface area contributed by atoms with Crippen LogP contribution in [0.5, 0.6) is 0 Å². The van der Waals surface area contributed by atoms with E-state index in [0.29, 0.717) is 28.5 Å². The van der Waals surface area contributed by atoms with Crippen LogP contribution in [0.1, 0.15) is 11.4 Å². The summed E-state index contributed by atoms with van der Waals surface area (Å²) >= 11 is 0. The van der Waals surface area contributed by atoms with Gasteiger partial charge in [-0.1, -0.05) is 0 Å². The third kappa shape index (κ3) is 2.91. The molecule has 0 fully saturated rings. The van der Waals surface area contributed by atoms with Gasteiger partial charge in [-0.3, -0.25) is 4.98 Å². The van der Waals surface area contributed by atoms with Crippen LogP contribution in [0.25, 0.3) is 17.0 Å². The third-order valence-corrected chi connectivity index (χ3v) is 3.75. The molecule has 7 heteroatoms. The summed E-state index contributed by atoms with van der Waals surface area (Å²) in [5.41, 5.74) is 3.88. The van der Waals surface area contributed by atoms with Gasteiger partial charge in [0, 0.05) is 17.6 Å². The number of aromatic nitrogens is 5. The molecule has 1 N–H and O–H groups in total. The first-order valence-electron chi connectivity index (χ1n) is 7.79. The van der Waals surface area contributed by atoms with Gasteiger partial charge in [0.2, 0.25) is 0 Å². The molecular formula is C18H15FN6. The molecule has 0 radical (unpaired) electrons. The Balaban J connectivity index is 1.86. The quantitative estimate of drug-likeness (QED) is 0.618. The summed E-state index contributed by atoms with van der Waals surface area (Å²) in [6, 6.07) is 11.7. The van der Waals surface area contributed by atoms with Crippen molar-refractivity contribution in [2.24, 2.45) is 0 Å². The number of benzene rings is 1. The van der Waals surface area contributed by atoms with Crippen LogP contribution in [0.4, 0.5) is 15.9 Å². The van der Waals surface area contributed by atoms with Gasteiger partial charge in [0.05, 0.1) is 11.2 Å². The Labute approximate surface area is 143 Å². The molecule has 3 heterocycles. The number of halogens is 1. The zero-order chi connectivity index (χ0) is 17.4. The lowest BCUT2D eigenvalue weighted by Crippen LogP contribution is -2.08. The topological polar surface area (TPSA) is 68.5 Å². The number of hydrogen-bond donors (Lipinski definition) is 1. The lowest BCUT2D eigenvalue weighted by atomic mass is 10.3. The van der Waals surface area contributed by atoms with E-state index in [9.17, 15) is 4.39 Å². The van der Waals surface area contributed by atoms with Gasteiger partial charge < -0.3 is 5.32 Å². The fourth-order valence-corrected chi connectivity index (χ4v) is 2.64. The molecule has 4 rings (SSSR count). The lowest BCUT2D eigenvalue weighted by molar-refractivity contribution is 0.628. The summed E-state index contributed by atoms with van der Waals surface area (Å²) in [5, 5.41) is 7.63. The van der Waals surface area contributed by atoms with Gasteiger partial charge in [0.25, 0.3) is 5.95 Å². The molecule has 124 valence electrons. The maximum absolute atomic E-state index is 13.1. The van der Waals surface area contributed by atoms with Crippen molar-refractivity contribution in [2.75, 3.05) is 5.32 Å². The van der Waals surface area contributed by atoms with E-state index in [2.05, 4.69) is 25.4 Å². The molecule has 3 aromatic heterocycles. The van der Waals surface area contributed by atoms with Gasteiger partial charge in [0.1, 0.15) is 11.3 Å². The van der Waals surface area contributed by atoms with E-state index in [-0.39, 0.29) is 5.82 Å². The largest absolute Gasteiger partial charge is 0.338 e. The Morgan fingerprint density at radius 3 is 2.56 bits per heavy atom. The highest BCUT2D eigenvalue weighted by Gasteiger charge is 2.13. The van der Waals surface area contributed by atoms with Crippen molar-refractivity contribution in [3.8, 4) is 5.95 Å². The second-order valence-electron chi connectivity index (χ2n) is 5.71. The minimum absolute atomic E-state index is 0.292. The van der Waals surface area contributed by atoms with Crippen LogP contribution in [-0.4, -0.2) is 24.7 Å². The first kappa shape index (κ1) is 15.2. The third-order valence-electron chi connectivity index (χ3n) is 3.75. The fourth-order valence-electron chi connectivity index (χ4n) is 2.64. The SMILES string of the molecule is Cc1cc(C)n(-c2nc(Nc3ccc(F)cc3)c3ncccc3n2)n1. The van der Waals surface area contributed by atoms with Crippen LogP contribution in [0.2, 0.25) is 0 Å². The Morgan fingerprint density at radius 1 is 1.04 bits per heavy atom. The van der Waals surface area contributed by atoms with Crippen molar-refractivity contribution in [3.05, 3.63) is 65.9 Å². The monoisotopic (exact) mass is 334 g/mol. The fraction of sp³-hybridized carbons (Fsp3) is 0.111. The maximum Gasteiger partial charge on any atom is 0.253 e. The molecular weight excluding hydrogens is 319 g/mol.